The Kier molecular flexibility index (Phi) is 4.23. The van der Waals surface area contributed by atoms with E-state index < -0.39 is 0 Å². The third kappa shape index (κ3) is 2.69. The van der Waals surface area contributed by atoms with Crippen LogP contribution in [0.15, 0.2) is 0 Å². The summed E-state index contributed by atoms with van der Waals surface area (Å²) in [7, 11) is 8.30. The van der Waals surface area contributed by atoms with Crippen molar-refractivity contribution in [3.63, 3.8) is 0 Å². The van der Waals surface area contributed by atoms with Gasteiger partial charge < -0.3 is 4.57 Å². The predicted molar refractivity (Wildman–Crippen MR) is 70.1 cm³/mol. The molecule has 0 bridgehead atoms. The third-order valence-corrected chi connectivity index (χ3v) is 3.25. The molecule has 0 saturated heterocycles. The first kappa shape index (κ1) is 13.3. The summed E-state index contributed by atoms with van der Waals surface area (Å²) in [4.78, 5) is 4.59. The highest BCUT2D eigenvalue weighted by Gasteiger charge is 2.25. The van der Waals surface area contributed by atoms with E-state index in [0.29, 0.717) is 0 Å². The van der Waals surface area contributed by atoms with Gasteiger partial charge in [0.15, 0.2) is 0 Å². The molecule has 0 spiro atoms. The van der Waals surface area contributed by atoms with Gasteiger partial charge in [0.05, 0.1) is 13.5 Å². The molecule has 0 N–H and O–H groups in total. The van der Waals surface area contributed by atoms with Crippen LogP contribution in [0.4, 0.5) is 0 Å². The highest BCUT2D eigenvalue weighted by Crippen LogP contribution is 2.36. The molecule has 0 aliphatic heterocycles. The Morgan fingerprint density at radius 3 is 2.62 bits per heavy atom. The Hall–Kier alpha value is -0.725. The van der Waals surface area contributed by atoms with Gasteiger partial charge in [-0.1, -0.05) is 32.5 Å². The van der Waals surface area contributed by atoms with Crippen LogP contribution in [0.1, 0.15) is 50.8 Å². The third-order valence-electron chi connectivity index (χ3n) is 3.25. The van der Waals surface area contributed by atoms with Gasteiger partial charge >= 0.3 is 0 Å². The number of fused-ring (bicyclic) bond motifs is 1. The topological polar surface area (TPSA) is 17.8 Å². The molecule has 0 aromatic carbocycles. The average Bonchev–Trinajstić information content (AvgIpc) is 2.41. The minimum absolute atomic E-state index is 0.0634. The minimum atomic E-state index is -0.0634. The van der Waals surface area contributed by atoms with Crippen LogP contribution in [0.3, 0.4) is 0 Å². The molecule has 1 heterocycles. The molecule has 16 heavy (non-hydrogen) atoms. The lowest BCUT2D eigenvalue weighted by Crippen LogP contribution is -2.10. The van der Waals surface area contributed by atoms with Crippen LogP contribution in [0.5, 0.6) is 0 Å². The van der Waals surface area contributed by atoms with Crippen LogP contribution >= 0.6 is 0 Å². The molecule has 1 aliphatic carbocycles. The van der Waals surface area contributed by atoms with E-state index in [2.05, 4.69) is 30.4 Å². The number of aromatic nitrogens is 2. The number of nitrogens with zero attached hydrogens (tertiary/aromatic N) is 2. The maximum Gasteiger partial charge on any atom is 0.105 e. The van der Waals surface area contributed by atoms with Crippen LogP contribution in [0.2, 0.25) is 5.31 Å². The summed E-state index contributed by atoms with van der Waals surface area (Å²) in [5, 5.41) is -0.0634. The zero-order valence-electron chi connectivity index (χ0n) is 11.3. The fourth-order valence-electron chi connectivity index (χ4n) is 2.31. The van der Waals surface area contributed by atoms with E-state index in [1.807, 2.05) is 13.8 Å². The number of rotatable bonds is 0. The van der Waals surface area contributed by atoms with Crippen molar-refractivity contribution >= 4 is 7.85 Å². The second-order valence-electron chi connectivity index (χ2n) is 4.80. The summed E-state index contributed by atoms with van der Waals surface area (Å²) in [6.07, 6.45) is 4.32. The smallest absolute Gasteiger partial charge is 0.105 e. The van der Waals surface area contributed by atoms with E-state index >= 15 is 0 Å². The first-order valence-electron chi connectivity index (χ1n) is 6.29. The average molecular weight is 218 g/mol. The standard InChI is InChI=1S/C11H17BN2.C2H6/c1-8-13-9-7-11(2,12)6-4-5-10(9)14(8)3;1-2/h4-7H2,1-3H3;1-2H3. The molecule has 1 unspecified atom stereocenters. The summed E-state index contributed by atoms with van der Waals surface area (Å²) in [5.74, 6) is 1.10. The maximum atomic E-state index is 6.20. The predicted octanol–water partition coefficient (Wildman–Crippen LogP) is 2.98. The Morgan fingerprint density at radius 2 is 2.00 bits per heavy atom. The van der Waals surface area contributed by atoms with E-state index in [-0.39, 0.29) is 5.31 Å². The summed E-state index contributed by atoms with van der Waals surface area (Å²) in [5.41, 5.74) is 2.60. The summed E-state index contributed by atoms with van der Waals surface area (Å²) < 4.78 is 2.21. The fourth-order valence-corrected chi connectivity index (χ4v) is 2.31. The summed E-state index contributed by atoms with van der Waals surface area (Å²) in [6.45, 7) is 8.19. The first-order chi connectivity index (χ1) is 7.49. The lowest BCUT2D eigenvalue weighted by Gasteiger charge is -2.21. The van der Waals surface area contributed by atoms with Gasteiger partial charge in [0.1, 0.15) is 5.82 Å². The second kappa shape index (κ2) is 5.07. The summed E-state index contributed by atoms with van der Waals surface area (Å²) >= 11 is 0. The molecule has 2 rings (SSSR count). The van der Waals surface area contributed by atoms with Crippen LogP contribution in [-0.4, -0.2) is 17.4 Å². The SMILES string of the molecule is CC.[B]C1(C)CCCc2c(nc(C)n2C)C1. The van der Waals surface area contributed by atoms with Gasteiger partial charge in [0.2, 0.25) is 0 Å². The van der Waals surface area contributed by atoms with Crippen molar-refractivity contribution < 1.29 is 0 Å². The van der Waals surface area contributed by atoms with Crippen molar-refractivity contribution in [2.45, 2.75) is 58.7 Å². The zero-order valence-corrected chi connectivity index (χ0v) is 11.3. The molecule has 2 radical (unpaired) electrons. The normalized spacial score (nSPS) is 24.1. The van der Waals surface area contributed by atoms with Gasteiger partial charge in [-0.25, -0.2) is 4.98 Å². The molecular weight excluding hydrogens is 195 g/mol. The van der Waals surface area contributed by atoms with Crippen molar-refractivity contribution in [1.82, 2.24) is 9.55 Å². The molecule has 2 nitrogen and oxygen atoms in total. The molecule has 1 aliphatic rings. The number of hydrogen-bond donors (Lipinski definition) is 0. The van der Waals surface area contributed by atoms with Crippen LogP contribution in [-0.2, 0) is 19.9 Å². The largest absolute Gasteiger partial charge is 0.335 e. The van der Waals surface area contributed by atoms with Crippen molar-refractivity contribution in [3.05, 3.63) is 17.2 Å². The highest BCUT2D eigenvalue weighted by atomic mass is 15.1. The van der Waals surface area contributed by atoms with Crippen LogP contribution in [0, 0.1) is 6.92 Å². The zero-order chi connectivity index (χ0) is 12.3. The Bertz CT molecular complexity index is 353. The molecule has 88 valence electrons. The van der Waals surface area contributed by atoms with Crippen LogP contribution in [0.25, 0.3) is 0 Å². The lowest BCUT2D eigenvalue weighted by molar-refractivity contribution is 0.544. The molecule has 1 aromatic heterocycles. The van der Waals surface area contributed by atoms with Crippen molar-refractivity contribution in [1.29, 1.82) is 0 Å². The van der Waals surface area contributed by atoms with E-state index in [1.54, 1.807) is 0 Å². The Morgan fingerprint density at radius 1 is 1.38 bits per heavy atom. The maximum absolute atomic E-state index is 6.20. The van der Waals surface area contributed by atoms with Gasteiger partial charge in [0, 0.05) is 12.7 Å². The molecular formula is C13H23BN2. The van der Waals surface area contributed by atoms with Gasteiger partial charge in [-0.15, -0.1) is 0 Å². The molecule has 3 heteroatoms. The van der Waals surface area contributed by atoms with Crippen molar-refractivity contribution in [2.75, 3.05) is 0 Å². The van der Waals surface area contributed by atoms with Gasteiger partial charge in [0.25, 0.3) is 0 Å². The number of imidazole rings is 1. The first-order valence-corrected chi connectivity index (χ1v) is 6.29. The van der Waals surface area contributed by atoms with Gasteiger partial charge in [-0.05, 0) is 26.2 Å². The van der Waals surface area contributed by atoms with E-state index in [4.69, 9.17) is 7.85 Å². The van der Waals surface area contributed by atoms with Crippen molar-refractivity contribution in [2.24, 2.45) is 7.05 Å². The van der Waals surface area contributed by atoms with E-state index in [9.17, 15) is 0 Å². The molecule has 0 amide bonds. The molecule has 0 saturated carbocycles. The van der Waals surface area contributed by atoms with E-state index in [0.717, 1.165) is 25.1 Å². The highest BCUT2D eigenvalue weighted by molar-refractivity contribution is 6.15. The second-order valence-corrected chi connectivity index (χ2v) is 4.80. The molecule has 1 atom stereocenters. The number of aryl methyl sites for hydroxylation is 1. The fraction of sp³-hybridized carbons (Fsp3) is 0.769. The minimum Gasteiger partial charge on any atom is -0.335 e. The van der Waals surface area contributed by atoms with Gasteiger partial charge in [-0.2, -0.15) is 0 Å². The Labute approximate surface area is 101 Å². The Balaban J connectivity index is 0.000000606. The lowest BCUT2D eigenvalue weighted by atomic mass is 9.65. The number of hydrogen-bond acceptors (Lipinski definition) is 1. The monoisotopic (exact) mass is 218 g/mol. The van der Waals surface area contributed by atoms with Gasteiger partial charge in [-0.3, -0.25) is 0 Å². The molecule has 0 fully saturated rings. The van der Waals surface area contributed by atoms with E-state index in [1.165, 1.54) is 17.8 Å². The molecule has 1 aromatic rings. The quantitative estimate of drug-likeness (QED) is 0.483. The van der Waals surface area contributed by atoms with Crippen molar-refractivity contribution in [3.8, 4) is 0 Å². The summed E-state index contributed by atoms with van der Waals surface area (Å²) in [6, 6.07) is 0. The van der Waals surface area contributed by atoms with Crippen LogP contribution < -0.4 is 0 Å².